The number of aryl methyl sites for hydroxylation is 1. The van der Waals surface area contributed by atoms with Crippen LogP contribution < -0.4 is 14.9 Å². The van der Waals surface area contributed by atoms with Crippen LogP contribution in [0.1, 0.15) is 48.9 Å². The van der Waals surface area contributed by atoms with Crippen LogP contribution >= 0.6 is 0 Å². The Bertz CT molecular complexity index is 1040. The van der Waals surface area contributed by atoms with Crippen LogP contribution in [0.15, 0.2) is 77.9 Å². The number of amides is 1. The summed E-state index contributed by atoms with van der Waals surface area (Å²) in [6, 6.07) is 23.6. The van der Waals surface area contributed by atoms with Crippen molar-refractivity contribution in [1.29, 1.82) is 0 Å². The molecule has 0 aliphatic carbocycles. The minimum Gasteiger partial charge on any atom is -0.489 e. The first kappa shape index (κ1) is 23.1. The highest BCUT2D eigenvalue weighted by Gasteiger charge is 2.15. The van der Waals surface area contributed by atoms with E-state index in [1.807, 2.05) is 73.7 Å². The standard InChI is InChI=1S/C27H30N2O3/c1-19(2)24-13-10-20(3)26(16-24)32-21(4)27(30)29-28-17-22-11-14-25(15-12-22)31-18-23-8-6-5-7-9-23/h5-17,19,21H,18H2,1-4H3,(H,29,30)/b28-17+. The normalized spacial score (nSPS) is 12.0. The van der Waals surface area contributed by atoms with Gasteiger partial charge in [-0.15, -0.1) is 0 Å². The van der Waals surface area contributed by atoms with Crippen molar-refractivity contribution in [2.45, 2.75) is 46.3 Å². The first-order valence-electron chi connectivity index (χ1n) is 10.8. The molecule has 1 N–H and O–H groups in total. The molecule has 166 valence electrons. The van der Waals surface area contributed by atoms with Crippen molar-refractivity contribution in [2.24, 2.45) is 5.10 Å². The number of hydrazone groups is 1. The molecular weight excluding hydrogens is 400 g/mol. The number of carbonyl (C=O) groups is 1. The SMILES string of the molecule is Cc1ccc(C(C)C)cc1OC(C)C(=O)N/N=C/c1ccc(OCc2ccccc2)cc1. The third-order valence-electron chi connectivity index (χ3n) is 5.07. The van der Waals surface area contributed by atoms with Crippen molar-refractivity contribution >= 4 is 12.1 Å². The fourth-order valence-corrected chi connectivity index (χ4v) is 3.00. The smallest absolute Gasteiger partial charge is 0.280 e. The van der Waals surface area contributed by atoms with Gasteiger partial charge in [0.2, 0.25) is 0 Å². The van der Waals surface area contributed by atoms with Crippen molar-refractivity contribution in [3.8, 4) is 11.5 Å². The average Bonchev–Trinajstić information content (AvgIpc) is 2.80. The number of ether oxygens (including phenoxy) is 2. The molecule has 0 saturated carbocycles. The van der Waals surface area contributed by atoms with Gasteiger partial charge in [0.15, 0.2) is 6.10 Å². The van der Waals surface area contributed by atoms with Crippen LogP contribution in [-0.2, 0) is 11.4 Å². The third kappa shape index (κ3) is 6.71. The monoisotopic (exact) mass is 430 g/mol. The highest BCUT2D eigenvalue weighted by atomic mass is 16.5. The maximum atomic E-state index is 12.4. The Morgan fingerprint density at radius 2 is 1.72 bits per heavy atom. The van der Waals surface area contributed by atoms with E-state index in [2.05, 4.69) is 30.4 Å². The van der Waals surface area contributed by atoms with Crippen molar-refractivity contribution < 1.29 is 14.3 Å². The second-order valence-electron chi connectivity index (χ2n) is 8.02. The van der Waals surface area contributed by atoms with Gasteiger partial charge in [-0.2, -0.15) is 5.10 Å². The van der Waals surface area contributed by atoms with Gasteiger partial charge < -0.3 is 9.47 Å². The summed E-state index contributed by atoms with van der Waals surface area (Å²) in [4.78, 5) is 12.4. The van der Waals surface area contributed by atoms with Crippen LogP contribution in [-0.4, -0.2) is 18.2 Å². The second kappa shape index (κ2) is 11.1. The van der Waals surface area contributed by atoms with Crippen molar-refractivity contribution in [3.05, 3.63) is 95.1 Å². The van der Waals surface area contributed by atoms with E-state index in [4.69, 9.17) is 9.47 Å². The van der Waals surface area contributed by atoms with E-state index in [0.717, 1.165) is 22.4 Å². The Morgan fingerprint density at radius 1 is 1.00 bits per heavy atom. The Morgan fingerprint density at radius 3 is 2.41 bits per heavy atom. The molecule has 0 aliphatic heterocycles. The molecule has 3 aromatic rings. The minimum atomic E-state index is -0.665. The largest absolute Gasteiger partial charge is 0.489 e. The van der Waals surface area contributed by atoms with E-state index in [0.29, 0.717) is 18.3 Å². The first-order chi connectivity index (χ1) is 15.4. The predicted octanol–water partition coefficient (Wildman–Crippen LogP) is 5.62. The molecular formula is C27H30N2O3. The Balaban J connectivity index is 1.49. The zero-order valence-electron chi connectivity index (χ0n) is 19.0. The minimum absolute atomic E-state index is 0.307. The number of carbonyl (C=O) groups excluding carboxylic acids is 1. The fraction of sp³-hybridized carbons (Fsp3) is 0.259. The van der Waals surface area contributed by atoms with E-state index in [1.54, 1.807) is 13.1 Å². The number of nitrogens with zero attached hydrogens (tertiary/aromatic N) is 1. The highest BCUT2D eigenvalue weighted by molar-refractivity contribution is 5.84. The quantitative estimate of drug-likeness (QED) is 0.354. The lowest BCUT2D eigenvalue weighted by Gasteiger charge is -2.16. The van der Waals surface area contributed by atoms with Gasteiger partial charge in [0.05, 0.1) is 6.21 Å². The molecule has 1 unspecified atom stereocenters. The molecule has 32 heavy (non-hydrogen) atoms. The summed E-state index contributed by atoms with van der Waals surface area (Å²) in [6.07, 6.45) is 0.929. The summed E-state index contributed by atoms with van der Waals surface area (Å²) in [5.41, 5.74) is 6.68. The lowest BCUT2D eigenvalue weighted by molar-refractivity contribution is -0.127. The van der Waals surface area contributed by atoms with Gasteiger partial charge >= 0.3 is 0 Å². The number of hydrogen-bond acceptors (Lipinski definition) is 4. The Kier molecular flexibility index (Phi) is 8.03. The van der Waals surface area contributed by atoms with Gasteiger partial charge in [0.1, 0.15) is 18.1 Å². The number of hydrogen-bond donors (Lipinski definition) is 1. The van der Waals surface area contributed by atoms with Crippen molar-refractivity contribution in [3.63, 3.8) is 0 Å². The lowest BCUT2D eigenvalue weighted by atomic mass is 10.0. The zero-order chi connectivity index (χ0) is 22.9. The number of nitrogens with one attached hydrogen (secondary N) is 1. The molecule has 0 fully saturated rings. The summed E-state index contributed by atoms with van der Waals surface area (Å²) in [6.45, 7) is 8.45. The molecule has 0 saturated heterocycles. The van der Waals surface area contributed by atoms with Gasteiger partial charge in [0, 0.05) is 0 Å². The summed E-state index contributed by atoms with van der Waals surface area (Å²) in [5, 5.41) is 4.05. The summed E-state index contributed by atoms with van der Waals surface area (Å²) < 4.78 is 11.7. The second-order valence-corrected chi connectivity index (χ2v) is 8.02. The molecule has 0 spiro atoms. The van der Waals surface area contributed by atoms with Gasteiger partial charge in [-0.3, -0.25) is 4.79 Å². The van der Waals surface area contributed by atoms with Gasteiger partial charge in [0.25, 0.3) is 5.91 Å². The predicted molar refractivity (Wildman–Crippen MR) is 128 cm³/mol. The van der Waals surface area contributed by atoms with Crippen LogP contribution in [0.4, 0.5) is 0 Å². The molecule has 1 amide bonds. The molecule has 0 aromatic heterocycles. The number of rotatable bonds is 9. The van der Waals surface area contributed by atoms with Gasteiger partial charge in [-0.25, -0.2) is 5.43 Å². The maximum Gasteiger partial charge on any atom is 0.280 e. The van der Waals surface area contributed by atoms with Crippen LogP contribution in [0.25, 0.3) is 0 Å². The molecule has 5 nitrogen and oxygen atoms in total. The molecule has 0 bridgehead atoms. The van der Waals surface area contributed by atoms with Crippen molar-refractivity contribution in [1.82, 2.24) is 5.43 Å². The van der Waals surface area contributed by atoms with Crippen LogP contribution in [0.3, 0.4) is 0 Å². The summed E-state index contributed by atoms with van der Waals surface area (Å²) in [7, 11) is 0. The molecule has 0 heterocycles. The third-order valence-corrected chi connectivity index (χ3v) is 5.07. The van der Waals surface area contributed by atoms with E-state index >= 15 is 0 Å². The summed E-state index contributed by atoms with van der Waals surface area (Å²) in [5.74, 6) is 1.57. The van der Waals surface area contributed by atoms with Crippen LogP contribution in [0, 0.1) is 6.92 Å². The molecule has 3 rings (SSSR count). The molecule has 3 aromatic carbocycles. The molecule has 0 aliphatic rings. The Labute approximate surface area is 190 Å². The fourth-order valence-electron chi connectivity index (χ4n) is 3.00. The maximum absolute atomic E-state index is 12.4. The molecule has 1 atom stereocenters. The highest BCUT2D eigenvalue weighted by Crippen LogP contribution is 2.25. The topological polar surface area (TPSA) is 59.9 Å². The average molecular weight is 431 g/mol. The van der Waals surface area contributed by atoms with E-state index in [-0.39, 0.29) is 5.91 Å². The molecule has 5 heteroatoms. The van der Waals surface area contributed by atoms with Gasteiger partial charge in [-0.05, 0) is 72.4 Å². The first-order valence-corrected chi connectivity index (χ1v) is 10.8. The lowest BCUT2D eigenvalue weighted by Crippen LogP contribution is -2.33. The van der Waals surface area contributed by atoms with E-state index in [1.165, 1.54) is 5.56 Å². The van der Waals surface area contributed by atoms with Crippen LogP contribution in [0.5, 0.6) is 11.5 Å². The zero-order valence-corrected chi connectivity index (χ0v) is 19.0. The Hall–Kier alpha value is -3.60. The van der Waals surface area contributed by atoms with E-state index < -0.39 is 6.10 Å². The molecule has 0 radical (unpaired) electrons. The summed E-state index contributed by atoms with van der Waals surface area (Å²) >= 11 is 0. The van der Waals surface area contributed by atoms with Crippen molar-refractivity contribution in [2.75, 3.05) is 0 Å². The number of benzene rings is 3. The van der Waals surface area contributed by atoms with Crippen LogP contribution in [0.2, 0.25) is 0 Å². The van der Waals surface area contributed by atoms with Gasteiger partial charge in [-0.1, -0.05) is 56.3 Å². The van der Waals surface area contributed by atoms with E-state index in [9.17, 15) is 4.79 Å².